The maximum absolute atomic E-state index is 12.2. The van der Waals surface area contributed by atoms with Gasteiger partial charge in [0, 0.05) is 18.1 Å². The van der Waals surface area contributed by atoms with E-state index in [0.29, 0.717) is 23.9 Å². The predicted molar refractivity (Wildman–Crippen MR) is 103 cm³/mol. The summed E-state index contributed by atoms with van der Waals surface area (Å²) in [6, 6.07) is 18.9. The molecule has 2 aromatic carbocycles. The summed E-state index contributed by atoms with van der Waals surface area (Å²) in [6.07, 6.45) is 0. The van der Waals surface area contributed by atoms with Crippen LogP contribution in [-0.2, 0) is 13.1 Å². The van der Waals surface area contributed by atoms with Gasteiger partial charge in [-0.15, -0.1) is 10.2 Å². The van der Waals surface area contributed by atoms with Crippen LogP contribution in [-0.4, -0.2) is 16.1 Å². The average Bonchev–Trinajstić information content (AvgIpc) is 2.67. The van der Waals surface area contributed by atoms with Crippen LogP contribution in [0.15, 0.2) is 60.7 Å². The number of carbonyl (C=O) groups is 1. The Morgan fingerprint density at radius 2 is 1.73 bits per heavy atom. The molecule has 3 rings (SSSR count). The standard InChI is InChI=1S/C20H19ClN4O/c1-14-4-2-3-5-16(14)13-22-19-11-10-18(24-25-19)20(26)23-12-15-6-8-17(21)9-7-15/h2-11H,12-13H2,1H3,(H,22,25)(H,23,26). The minimum atomic E-state index is -0.266. The molecule has 0 aliphatic heterocycles. The van der Waals surface area contributed by atoms with Crippen molar-refractivity contribution in [2.45, 2.75) is 20.0 Å². The highest BCUT2D eigenvalue weighted by molar-refractivity contribution is 6.30. The van der Waals surface area contributed by atoms with Crippen LogP contribution >= 0.6 is 11.6 Å². The van der Waals surface area contributed by atoms with Gasteiger partial charge in [0.1, 0.15) is 5.82 Å². The van der Waals surface area contributed by atoms with E-state index < -0.39 is 0 Å². The molecule has 0 aliphatic carbocycles. The van der Waals surface area contributed by atoms with Crippen LogP contribution < -0.4 is 10.6 Å². The van der Waals surface area contributed by atoms with E-state index in [2.05, 4.69) is 39.9 Å². The normalized spacial score (nSPS) is 10.4. The molecule has 1 heterocycles. The summed E-state index contributed by atoms with van der Waals surface area (Å²) < 4.78 is 0. The molecule has 0 fully saturated rings. The second-order valence-corrected chi connectivity index (χ2v) is 6.33. The summed E-state index contributed by atoms with van der Waals surface area (Å²) in [6.45, 7) is 3.13. The van der Waals surface area contributed by atoms with E-state index in [1.165, 1.54) is 11.1 Å². The number of amides is 1. The zero-order chi connectivity index (χ0) is 18.4. The van der Waals surface area contributed by atoms with E-state index in [9.17, 15) is 4.79 Å². The first-order chi connectivity index (χ1) is 12.6. The van der Waals surface area contributed by atoms with Crippen LogP contribution in [0.3, 0.4) is 0 Å². The van der Waals surface area contributed by atoms with Gasteiger partial charge < -0.3 is 10.6 Å². The highest BCUT2D eigenvalue weighted by Gasteiger charge is 2.08. The molecule has 0 unspecified atom stereocenters. The first-order valence-electron chi connectivity index (χ1n) is 8.26. The van der Waals surface area contributed by atoms with Gasteiger partial charge in [0.05, 0.1) is 0 Å². The van der Waals surface area contributed by atoms with Gasteiger partial charge in [-0.3, -0.25) is 4.79 Å². The summed E-state index contributed by atoms with van der Waals surface area (Å²) in [5.41, 5.74) is 3.65. The first kappa shape index (κ1) is 17.9. The van der Waals surface area contributed by atoms with Crippen molar-refractivity contribution in [3.8, 4) is 0 Å². The summed E-state index contributed by atoms with van der Waals surface area (Å²) in [4.78, 5) is 12.2. The third kappa shape index (κ3) is 4.80. The Balaban J connectivity index is 1.54. The fourth-order valence-electron chi connectivity index (χ4n) is 2.42. The molecule has 0 bridgehead atoms. The van der Waals surface area contributed by atoms with Gasteiger partial charge in [-0.25, -0.2) is 0 Å². The summed E-state index contributed by atoms with van der Waals surface area (Å²) in [5, 5.41) is 14.8. The molecule has 1 aromatic heterocycles. The Morgan fingerprint density at radius 3 is 2.42 bits per heavy atom. The van der Waals surface area contributed by atoms with Gasteiger partial charge in [-0.1, -0.05) is 48.0 Å². The quantitative estimate of drug-likeness (QED) is 0.692. The molecule has 0 aliphatic rings. The maximum atomic E-state index is 12.2. The molecule has 0 spiro atoms. The lowest BCUT2D eigenvalue weighted by Crippen LogP contribution is -2.24. The van der Waals surface area contributed by atoms with Crippen molar-refractivity contribution >= 4 is 23.3 Å². The fourth-order valence-corrected chi connectivity index (χ4v) is 2.54. The molecular formula is C20H19ClN4O. The number of anilines is 1. The minimum absolute atomic E-state index is 0.266. The molecule has 0 saturated carbocycles. The Kier molecular flexibility index (Phi) is 5.81. The summed E-state index contributed by atoms with van der Waals surface area (Å²) in [7, 11) is 0. The lowest BCUT2D eigenvalue weighted by molar-refractivity contribution is 0.0945. The summed E-state index contributed by atoms with van der Waals surface area (Å²) >= 11 is 5.85. The van der Waals surface area contributed by atoms with Crippen LogP contribution in [0.25, 0.3) is 0 Å². The van der Waals surface area contributed by atoms with Crippen molar-refractivity contribution in [3.05, 3.63) is 88.1 Å². The van der Waals surface area contributed by atoms with Gasteiger partial charge in [0.15, 0.2) is 5.69 Å². The first-order valence-corrected chi connectivity index (χ1v) is 8.64. The third-order valence-corrected chi connectivity index (χ3v) is 4.24. The van der Waals surface area contributed by atoms with Crippen molar-refractivity contribution in [1.29, 1.82) is 0 Å². The zero-order valence-corrected chi connectivity index (χ0v) is 15.1. The number of hydrogen-bond donors (Lipinski definition) is 2. The Labute approximate surface area is 157 Å². The number of aryl methyl sites for hydroxylation is 1. The Hall–Kier alpha value is -2.92. The molecule has 132 valence electrons. The average molecular weight is 367 g/mol. The molecule has 0 atom stereocenters. The number of hydrogen-bond acceptors (Lipinski definition) is 4. The number of aromatic nitrogens is 2. The number of halogens is 1. The van der Waals surface area contributed by atoms with Gasteiger partial charge in [0.25, 0.3) is 5.91 Å². The minimum Gasteiger partial charge on any atom is -0.364 e. The fraction of sp³-hybridized carbons (Fsp3) is 0.150. The van der Waals surface area contributed by atoms with Crippen molar-refractivity contribution < 1.29 is 4.79 Å². The van der Waals surface area contributed by atoms with Crippen LogP contribution in [0.2, 0.25) is 5.02 Å². The topological polar surface area (TPSA) is 66.9 Å². The molecule has 0 radical (unpaired) electrons. The number of benzene rings is 2. The second kappa shape index (κ2) is 8.45. The monoisotopic (exact) mass is 366 g/mol. The SMILES string of the molecule is Cc1ccccc1CNc1ccc(C(=O)NCc2ccc(Cl)cc2)nn1. The molecule has 2 N–H and O–H groups in total. The molecular weight excluding hydrogens is 348 g/mol. The van der Waals surface area contributed by atoms with E-state index >= 15 is 0 Å². The Morgan fingerprint density at radius 1 is 0.962 bits per heavy atom. The van der Waals surface area contributed by atoms with E-state index in [-0.39, 0.29) is 11.6 Å². The number of nitrogens with one attached hydrogen (secondary N) is 2. The molecule has 0 saturated heterocycles. The van der Waals surface area contributed by atoms with E-state index in [1.807, 2.05) is 24.3 Å². The maximum Gasteiger partial charge on any atom is 0.272 e. The predicted octanol–water partition coefficient (Wildman–Crippen LogP) is 3.98. The Bertz CT molecular complexity index is 879. The third-order valence-electron chi connectivity index (χ3n) is 3.98. The highest BCUT2D eigenvalue weighted by Crippen LogP contribution is 2.11. The smallest absolute Gasteiger partial charge is 0.272 e. The van der Waals surface area contributed by atoms with E-state index in [0.717, 1.165) is 5.56 Å². The lowest BCUT2D eigenvalue weighted by Gasteiger charge is -2.08. The van der Waals surface area contributed by atoms with Crippen LogP contribution in [0.5, 0.6) is 0 Å². The largest absolute Gasteiger partial charge is 0.364 e. The molecule has 26 heavy (non-hydrogen) atoms. The number of rotatable bonds is 6. The number of carbonyl (C=O) groups excluding carboxylic acids is 1. The molecule has 6 heteroatoms. The highest BCUT2D eigenvalue weighted by atomic mass is 35.5. The lowest BCUT2D eigenvalue weighted by atomic mass is 10.1. The van der Waals surface area contributed by atoms with Gasteiger partial charge in [-0.2, -0.15) is 0 Å². The molecule has 3 aromatic rings. The second-order valence-electron chi connectivity index (χ2n) is 5.89. The molecule has 5 nitrogen and oxygen atoms in total. The van der Waals surface area contributed by atoms with E-state index in [4.69, 9.17) is 11.6 Å². The molecule has 1 amide bonds. The van der Waals surface area contributed by atoms with Crippen molar-refractivity contribution in [2.24, 2.45) is 0 Å². The van der Waals surface area contributed by atoms with Gasteiger partial charge in [0.2, 0.25) is 0 Å². The van der Waals surface area contributed by atoms with Crippen molar-refractivity contribution in [2.75, 3.05) is 5.32 Å². The van der Waals surface area contributed by atoms with Crippen LogP contribution in [0.1, 0.15) is 27.2 Å². The van der Waals surface area contributed by atoms with Gasteiger partial charge >= 0.3 is 0 Å². The van der Waals surface area contributed by atoms with Crippen LogP contribution in [0, 0.1) is 6.92 Å². The van der Waals surface area contributed by atoms with Crippen molar-refractivity contribution in [1.82, 2.24) is 15.5 Å². The van der Waals surface area contributed by atoms with Gasteiger partial charge in [-0.05, 0) is 47.9 Å². The van der Waals surface area contributed by atoms with E-state index in [1.54, 1.807) is 24.3 Å². The van der Waals surface area contributed by atoms with Crippen LogP contribution in [0.4, 0.5) is 5.82 Å². The summed E-state index contributed by atoms with van der Waals surface area (Å²) in [5.74, 6) is 0.361. The zero-order valence-electron chi connectivity index (χ0n) is 14.4. The van der Waals surface area contributed by atoms with Crippen molar-refractivity contribution in [3.63, 3.8) is 0 Å². The number of nitrogens with zero attached hydrogens (tertiary/aromatic N) is 2.